The van der Waals surface area contributed by atoms with Crippen LogP contribution in [0.25, 0.3) is 5.57 Å². The van der Waals surface area contributed by atoms with Gasteiger partial charge in [-0.25, -0.2) is 14.1 Å². The molecule has 2 aromatic rings. The van der Waals surface area contributed by atoms with Crippen molar-refractivity contribution in [3.63, 3.8) is 0 Å². The maximum atomic E-state index is 15.0. The van der Waals surface area contributed by atoms with E-state index in [1.54, 1.807) is 28.8 Å². The lowest BCUT2D eigenvalue weighted by molar-refractivity contribution is -0.128. The molecule has 0 saturated carbocycles. The summed E-state index contributed by atoms with van der Waals surface area (Å²) in [6, 6.07) is 1.07. The molecule has 1 atom stereocenters. The van der Waals surface area contributed by atoms with Crippen LogP contribution in [-0.4, -0.2) is 70.4 Å². The SMILES string of the molecule is C=C/C=C(\C(F)=C/C)c1nc2c(cc1Cl)C(N1CCN(C(=O)C=C)CC1C)=NS(=O)(=O)N2c1c(C)cnn1C(C)C. The first-order chi connectivity index (χ1) is 19.4. The third-order valence-corrected chi connectivity index (χ3v) is 8.38. The first-order valence-electron chi connectivity index (χ1n) is 13.1. The average Bonchev–Trinajstić information content (AvgIpc) is 3.31. The molecule has 13 heteroatoms. The lowest BCUT2D eigenvalue weighted by Crippen LogP contribution is -2.56. The number of nitrogens with zero attached hydrogens (tertiary/aromatic N) is 7. The number of aryl methyl sites for hydroxylation is 1. The maximum Gasteiger partial charge on any atom is 0.353 e. The molecule has 1 amide bonds. The number of anilines is 2. The third-order valence-electron chi connectivity index (χ3n) is 6.88. The molecule has 1 unspecified atom stereocenters. The summed E-state index contributed by atoms with van der Waals surface area (Å²) in [5.74, 6) is -0.390. The van der Waals surface area contributed by atoms with Crippen molar-refractivity contribution in [1.82, 2.24) is 24.6 Å². The molecule has 10 nitrogen and oxygen atoms in total. The molecule has 0 N–H and O–H groups in total. The Hall–Kier alpha value is -3.77. The van der Waals surface area contributed by atoms with Crippen molar-refractivity contribution >= 4 is 50.8 Å². The summed E-state index contributed by atoms with van der Waals surface area (Å²) in [5.41, 5.74) is 1.02. The summed E-state index contributed by atoms with van der Waals surface area (Å²) in [7, 11) is -4.42. The van der Waals surface area contributed by atoms with Gasteiger partial charge < -0.3 is 9.80 Å². The Morgan fingerprint density at radius 2 is 1.98 bits per heavy atom. The highest BCUT2D eigenvalue weighted by Gasteiger charge is 2.42. The Labute approximate surface area is 245 Å². The number of piperazine rings is 1. The van der Waals surface area contributed by atoms with Crippen molar-refractivity contribution in [3.8, 4) is 0 Å². The van der Waals surface area contributed by atoms with Gasteiger partial charge in [0.1, 0.15) is 5.83 Å². The number of amides is 1. The average molecular weight is 602 g/mol. The topological polar surface area (TPSA) is 104 Å². The van der Waals surface area contributed by atoms with Crippen LogP contribution in [0.5, 0.6) is 0 Å². The van der Waals surface area contributed by atoms with Gasteiger partial charge in [-0.15, -0.1) is 4.40 Å². The van der Waals surface area contributed by atoms with Gasteiger partial charge in [0, 0.05) is 42.9 Å². The van der Waals surface area contributed by atoms with Crippen molar-refractivity contribution in [2.75, 3.05) is 23.9 Å². The fourth-order valence-electron chi connectivity index (χ4n) is 4.93. The van der Waals surface area contributed by atoms with E-state index in [-0.39, 0.29) is 51.8 Å². The molecule has 0 aliphatic carbocycles. The first-order valence-corrected chi connectivity index (χ1v) is 14.9. The zero-order valence-corrected chi connectivity index (χ0v) is 25.2. The number of rotatable bonds is 6. The van der Waals surface area contributed by atoms with Gasteiger partial charge in [0.25, 0.3) is 0 Å². The second-order valence-corrected chi connectivity index (χ2v) is 11.9. The normalized spacial score (nSPS) is 19.3. The van der Waals surface area contributed by atoms with Gasteiger partial charge in [0.2, 0.25) is 5.91 Å². The molecule has 0 spiro atoms. The van der Waals surface area contributed by atoms with E-state index >= 15 is 4.39 Å². The number of aromatic nitrogens is 3. The van der Waals surface area contributed by atoms with E-state index in [1.165, 1.54) is 31.2 Å². The molecule has 4 rings (SSSR count). The van der Waals surface area contributed by atoms with Crippen LogP contribution in [0.2, 0.25) is 5.02 Å². The number of fused-ring (bicyclic) bond motifs is 1. The molecular formula is C28H33ClFN7O3S. The van der Waals surface area contributed by atoms with Crippen LogP contribution >= 0.6 is 11.6 Å². The van der Waals surface area contributed by atoms with Crippen LogP contribution in [0.3, 0.4) is 0 Å². The summed E-state index contributed by atoms with van der Waals surface area (Å²) in [5, 5.41) is 4.49. The number of carbonyl (C=O) groups is 1. The van der Waals surface area contributed by atoms with Gasteiger partial charge in [-0.3, -0.25) is 4.79 Å². The van der Waals surface area contributed by atoms with E-state index in [4.69, 9.17) is 16.6 Å². The summed E-state index contributed by atoms with van der Waals surface area (Å²) < 4.78 is 50.0. The third kappa shape index (κ3) is 5.45. The minimum atomic E-state index is -4.42. The second kappa shape index (κ2) is 11.6. The van der Waals surface area contributed by atoms with Crippen LogP contribution in [0.15, 0.2) is 59.9 Å². The van der Waals surface area contributed by atoms with Gasteiger partial charge in [-0.2, -0.15) is 17.8 Å². The monoisotopic (exact) mass is 601 g/mol. The van der Waals surface area contributed by atoms with Gasteiger partial charge >= 0.3 is 10.2 Å². The van der Waals surface area contributed by atoms with Gasteiger partial charge in [0.15, 0.2) is 17.5 Å². The Bertz CT molecular complexity index is 1610. The van der Waals surface area contributed by atoms with Crippen LogP contribution < -0.4 is 4.31 Å². The van der Waals surface area contributed by atoms with E-state index in [1.807, 2.05) is 25.7 Å². The zero-order valence-electron chi connectivity index (χ0n) is 23.7. The van der Waals surface area contributed by atoms with E-state index in [2.05, 4.69) is 22.7 Å². The quantitative estimate of drug-likeness (QED) is 0.336. The second-order valence-electron chi connectivity index (χ2n) is 10.0. The lowest BCUT2D eigenvalue weighted by Gasteiger charge is -2.42. The largest absolute Gasteiger partial charge is 0.353 e. The fourth-order valence-corrected chi connectivity index (χ4v) is 6.49. The van der Waals surface area contributed by atoms with E-state index in [0.29, 0.717) is 30.8 Å². The minimum absolute atomic E-state index is 0.00978. The summed E-state index contributed by atoms with van der Waals surface area (Å²) >= 11 is 6.72. The Balaban J connectivity index is 2.00. The molecule has 2 aromatic heterocycles. The van der Waals surface area contributed by atoms with Gasteiger partial charge in [-0.1, -0.05) is 43.0 Å². The highest BCUT2D eigenvalue weighted by atomic mass is 35.5. The van der Waals surface area contributed by atoms with Crippen molar-refractivity contribution in [3.05, 3.63) is 77.4 Å². The van der Waals surface area contributed by atoms with E-state index in [9.17, 15) is 13.2 Å². The van der Waals surface area contributed by atoms with E-state index in [0.717, 1.165) is 4.31 Å². The highest BCUT2D eigenvalue weighted by Crippen LogP contribution is 2.42. The van der Waals surface area contributed by atoms with Crippen LogP contribution in [-0.2, 0) is 15.0 Å². The molecule has 218 valence electrons. The molecule has 4 heterocycles. The van der Waals surface area contributed by atoms with Gasteiger partial charge in [0.05, 0.1) is 22.5 Å². The molecule has 2 aliphatic rings. The van der Waals surface area contributed by atoms with Crippen LogP contribution in [0, 0.1) is 6.92 Å². The number of hydrogen-bond donors (Lipinski definition) is 0. The molecule has 41 heavy (non-hydrogen) atoms. The highest BCUT2D eigenvalue weighted by molar-refractivity contribution is 7.92. The zero-order chi connectivity index (χ0) is 30.2. The van der Waals surface area contributed by atoms with E-state index < -0.39 is 16.0 Å². The maximum absolute atomic E-state index is 15.0. The summed E-state index contributed by atoms with van der Waals surface area (Å²) in [4.78, 5) is 20.4. The molecule has 1 saturated heterocycles. The Morgan fingerprint density at radius 3 is 2.56 bits per heavy atom. The molecule has 0 aromatic carbocycles. The smallest absolute Gasteiger partial charge is 0.349 e. The predicted octanol–water partition coefficient (Wildman–Crippen LogP) is 5.13. The van der Waals surface area contributed by atoms with Gasteiger partial charge in [-0.05, 0) is 46.8 Å². The predicted molar refractivity (Wildman–Crippen MR) is 160 cm³/mol. The standard InChI is InChI=1S/C28H33ClFN7O3S/c1-8-11-20(23(30)9-2)25-22(29)14-21-26(32-25)37(28-18(6)15-31-36(28)17(4)5)41(39,40)33-27(21)35-13-12-34(16-19(35)7)24(38)10-3/h8-11,14-15,17,19H,1,3,12-13,16H2,2,4-7H3/b20-11+,23-9+. The number of allylic oxidation sites excluding steroid dienone is 5. The summed E-state index contributed by atoms with van der Waals surface area (Å²) in [6.45, 7) is 17.1. The first kappa shape index (κ1) is 30.2. The van der Waals surface area contributed by atoms with Crippen molar-refractivity contribution in [2.24, 2.45) is 4.40 Å². The minimum Gasteiger partial charge on any atom is -0.349 e. The molecule has 0 radical (unpaired) electrons. The van der Waals surface area contributed by atoms with Crippen molar-refractivity contribution in [1.29, 1.82) is 0 Å². The number of pyridine rings is 1. The number of halogens is 2. The molecule has 0 bridgehead atoms. The van der Waals surface area contributed by atoms with Crippen molar-refractivity contribution in [2.45, 2.75) is 46.7 Å². The van der Waals surface area contributed by atoms with Crippen LogP contribution in [0.1, 0.15) is 50.6 Å². The Morgan fingerprint density at radius 1 is 1.27 bits per heavy atom. The van der Waals surface area contributed by atoms with Crippen molar-refractivity contribution < 1.29 is 17.6 Å². The molecule has 2 aliphatic heterocycles. The molecule has 1 fully saturated rings. The fraction of sp³-hybridized carbons (Fsp3) is 0.357. The molecular weight excluding hydrogens is 569 g/mol. The Kier molecular flexibility index (Phi) is 8.55. The number of hydrogen-bond acceptors (Lipinski definition) is 6. The number of amidine groups is 1. The van der Waals surface area contributed by atoms with Crippen LogP contribution in [0.4, 0.5) is 16.0 Å². The lowest BCUT2D eigenvalue weighted by atomic mass is 10.1. The summed E-state index contributed by atoms with van der Waals surface area (Å²) in [6.07, 6.45) is 6.91. The number of carbonyl (C=O) groups excluding carboxylic acids is 1.